The minimum Gasteiger partial charge on any atom is -0.371 e. The molecular formula is C13H18ClN3O2S. The third-order valence-electron chi connectivity index (χ3n) is 2.72. The van der Waals surface area contributed by atoms with E-state index in [1.807, 2.05) is 33.0 Å². The summed E-state index contributed by atoms with van der Waals surface area (Å²) in [7, 11) is 2.00. The summed E-state index contributed by atoms with van der Waals surface area (Å²) in [4.78, 5) is 7.66. The average Bonchev–Trinajstić information content (AvgIpc) is 2.99. The molecule has 0 aliphatic carbocycles. The van der Waals surface area contributed by atoms with E-state index in [2.05, 4.69) is 15.0 Å². The summed E-state index contributed by atoms with van der Waals surface area (Å²) >= 11 is 7.50. The molecule has 110 valence electrons. The first-order valence-corrected chi connectivity index (χ1v) is 7.64. The Hall–Kier alpha value is -0.950. The van der Waals surface area contributed by atoms with Crippen LogP contribution in [0.5, 0.6) is 0 Å². The van der Waals surface area contributed by atoms with Gasteiger partial charge in [0.15, 0.2) is 5.82 Å². The molecule has 0 saturated carbocycles. The van der Waals surface area contributed by atoms with Crippen LogP contribution in [0, 0.1) is 0 Å². The maximum Gasteiger partial charge on any atom is 0.240 e. The summed E-state index contributed by atoms with van der Waals surface area (Å²) in [6.07, 6.45) is -0.140. The third kappa shape index (κ3) is 4.28. The zero-order valence-corrected chi connectivity index (χ0v) is 13.4. The van der Waals surface area contributed by atoms with Crippen molar-refractivity contribution in [2.24, 2.45) is 0 Å². The normalized spacial score (nSPS) is 13.1. The van der Waals surface area contributed by atoms with Gasteiger partial charge in [0, 0.05) is 18.0 Å². The number of hydrogen-bond donors (Lipinski definition) is 0. The van der Waals surface area contributed by atoms with Crippen molar-refractivity contribution in [1.82, 2.24) is 15.0 Å². The number of hydrogen-bond acceptors (Lipinski definition) is 6. The highest BCUT2D eigenvalue weighted by Crippen LogP contribution is 2.22. The monoisotopic (exact) mass is 315 g/mol. The predicted octanol–water partition coefficient (Wildman–Crippen LogP) is 3.51. The zero-order chi connectivity index (χ0) is 14.5. The standard InChI is InChI=1S/C13H18ClN3O2S/c1-4-18-9(2)13-15-12(19-16-13)8-17(3)7-10-5-6-11(14)20-10/h5-6,9H,4,7-8H2,1-3H3. The van der Waals surface area contributed by atoms with Crippen LogP contribution in [-0.2, 0) is 17.8 Å². The van der Waals surface area contributed by atoms with E-state index in [0.29, 0.717) is 24.9 Å². The fourth-order valence-corrected chi connectivity index (χ4v) is 2.98. The van der Waals surface area contributed by atoms with Gasteiger partial charge < -0.3 is 9.26 Å². The van der Waals surface area contributed by atoms with Gasteiger partial charge in [-0.1, -0.05) is 16.8 Å². The largest absolute Gasteiger partial charge is 0.371 e. The molecule has 1 atom stereocenters. The Morgan fingerprint density at radius 1 is 1.45 bits per heavy atom. The van der Waals surface area contributed by atoms with Crippen molar-refractivity contribution in [1.29, 1.82) is 0 Å². The van der Waals surface area contributed by atoms with Crippen molar-refractivity contribution >= 4 is 22.9 Å². The van der Waals surface area contributed by atoms with Crippen molar-refractivity contribution < 1.29 is 9.26 Å². The lowest BCUT2D eigenvalue weighted by Crippen LogP contribution is -2.16. The highest BCUT2D eigenvalue weighted by Gasteiger charge is 2.15. The van der Waals surface area contributed by atoms with Crippen LogP contribution in [0.15, 0.2) is 16.7 Å². The second kappa shape index (κ2) is 7.17. The van der Waals surface area contributed by atoms with E-state index >= 15 is 0 Å². The molecule has 0 fully saturated rings. The molecule has 0 N–H and O–H groups in total. The van der Waals surface area contributed by atoms with Crippen LogP contribution >= 0.6 is 22.9 Å². The van der Waals surface area contributed by atoms with Crippen LogP contribution < -0.4 is 0 Å². The molecule has 0 bridgehead atoms. The minimum absolute atomic E-state index is 0.140. The maximum absolute atomic E-state index is 5.92. The molecule has 2 aromatic heterocycles. The summed E-state index contributed by atoms with van der Waals surface area (Å²) in [5.41, 5.74) is 0. The highest BCUT2D eigenvalue weighted by atomic mass is 35.5. The van der Waals surface area contributed by atoms with Crippen LogP contribution in [0.3, 0.4) is 0 Å². The van der Waals surface area contributed by atoms with Gasteiger partial charge in [0.25, 0.3) is 0 Å². The van der Waals surface area contributed by atoms with Crippen molar-refractivity contribution in [3.05, 3.63) is 33.1 Å². The Morgan fingerprint density at radius 3 is 2.90 bits per heavy atom. The second-order valence-corrected chi connectivity index (χ2v) is 6.32. The molecule has 2 heterocycles. The van der Waals surface area contributed by atoms with Gasteiger partial charge in [-0.25, -0.2) is 0 Å². The molecule has 0 amide bonds. The minimum atomic E-state index is -0.140. The number of nitrogens with zero attached hydrogens (tertiary/aromatic N) is 3. The highest BCUT2D eigenvalue weighted by molar-refractivity contribution is 7.16. The van der Waals surface area contributed by atoms with Crippen molar-refractivity contribution in [3.63, 3.8) is 0 Å². The van der Waals surface area contributed by atoms with E-state index in [4.69, 9.17) is 20.9 Å². The molecule has 0 aliphatic heterocycles. The Balaban J connectivity index is 1.89. The second-order valence-electron chi connectivity index (χ2n) is 4.52. The zero-order valence-electron chi connectivity index (χ0n) is 11.8. The van der Waals surface area contributed by atoms with Gasteiger partial charge in [-0.15, -0.1) is 11.3 Å². The van der Waals surface area contributed by atoms with Crippen LogP contribution in [0.4, 0.5) is 0 Å². The van der Waals surface area contributed by atoms with E-state index in [1.54, 1.807) is 11.3 Å². The number of ether oxygens (including phenoxy) is 1. The summed E-state index contributed by atoms with van der Waals surface area (Å²) < 4.78 is 11.5. The van der Waals surface area contributed by atoms with Crippen LogP contribution in [0.1, 0.15) is 36.5 Å². The smallest absolute Gasteiger partial charge is 0.240 e. The first-order chi connectivity index (χ1) is 9.58. The van der Waals surface area contributed by atoms with Crippen molar-refractivity contribution in [2.75, 3.05) is 13.7 Å². The Bertz CT molecular complexity index is 543. The molecule has 2 rings (SSSR count). The summed E-state index contributed by atoms with van der Waals surface area (Å²) in [5.74, 6) is 1.19. The Kier molecular flexibility index (Phi) is 5.54. The van der Waals surface area contributed by atoms with Gasteiger partial charge in [0.1, 0.15) is 6.10 Å². The molecule has 7 heteroatoms. The molecule has 1 unspecified atom stereocenters. The van der Waals surface area contributed by atoms with Crippen LogP contribution in [0.2, 0.25) is 4.34 Å². The van der Waals surface area contributed by atoms with Gasteiger partial charge >= 0.3 is 0 Å². The number of aromatic nitrogens is 2. The van der Waals surface area contributed by atoms with E-state index < -0.39 is 0 Å². The average molecular weight is 316 g/mol. The fraction of sp³-hybridized carbons (Fsp3) is 0.538. The van der Waals surface area contributed by atoms with E-state index in [-0.39, 0.29) is 6.10 Å². The molecule has 2 aromatic rings. The molecule has 0 aliphatic rings. The van der Waals surface area contributed by atoms with Crippen molar-refractivity contribution in [2.45, 2.75) is 33.0 Å². The fourth-order valence-electron chi connectivity index (χ4n) is 1.81. The molecular weight excluding hydrogens is 298 g/mol. The molecule has 5 nitrogen and oxygen atoms in total. The molecule has 0 radical (unpaired) electrons. The molecule has 20 heavy (non-hydrogen) atoms. The van der Waals surface area contributed by atoms with Gasteiger partial charge in [-0.05, 0) is 33.0 Å². The van der Waals surface area contributed by atoms with Gasteiger partial charge in [-0.3, -0.25) is 4.90 Å². The lowest BCUT2D eigenvalue weighted by Gasteiger charge is -2.12. The summed E-state index contributed by atoms with van der Waals surface area (Å²) in [6, 6.07) is 3.93. The van der Waals surface area contributed by atoms with Crippen molar-refractivity contribution in [3.8, 4) is 0 Å². The van der Waals surface area contributed by atoms with Gasteiger partial charge in [0.05, 0.1) is 10.9 Å². The van der Waals surface area contributed by atoms with Gasteiger partial charge in [0.2, 0.25) is 5.89 Å². The number of halogens is 1. The first kappa shape index (κ1) is 15.4. The topological polar surface area (TPSA) is 51.4 Å². The van der Waals surface area contributed by atoms with Crippen LogP contribution in [-0.4, -0.2) is 28.7 Å². The van der Waals surface area contributed by atoms with Gasteiger partial charge in [-0.2, -0.15) is 4.98 Å². The third-order valence-corrected chi connectivity index (χ3v) is 3.94. The molecule has 0 spiro atoms. The number of rotatable bonds is 7. The number of thiophene rings is 1. The molecule has 0 saturated heterocycles. The van der Waals surface area contributed by atoms with Crippen LogP contribution in [0.25, 0.3) is 0 Å². The first-order valence-electron chi connectivity index (χ1n) is 6.45. The predicted molar refractivity (Wildman–Crippen MR) is 78.8 cm³/mol. The SMILES string of the molecule is CCOC(C)c1noc(CN(C)Cc2ccc(Cl)s2)n1. The lowest BCUT2D eigenvalue weighted by molar-refractivity contribution is 0.0683. The maximum atomic E-state index is 5.92. The summed E-state index contributed by atoms with van der Waals surface area (Å²) in [5, 5.41) is 3.94. The lowest BCUT2D eigenvalue weighted by atomic mass is 10.4. The molecule has 0 aromatic carbocycles. The van der Waals surface area contributed by atoms with E-state index in [9.17, 15) is 0 Å². The van der Waals surface area contributed by atoms with E-state index in [0.717, 1.165) is 10.9 Å². The summed E-state index contributed by atoms with van der Waals surface area (Å²) in [6.45, 7) is 5.88. The Labute approximate surface area is 127 Å². The quantitative estimate of drug-likeness (QED) is 0.782. The van der Waals surface area contributed by atoms with E-state index in [1.165, 1.54) is 4.88 Å². The Morgan fingerprint density at radius 2 is 2.25 bits per heavy atom.